The zero-order valence-corrected chi connectivity index (χ0v) is 16.0. The summed E-state index contributed by atoms with van der Waals surface area (Å²) in [6.45, 7) is 0. The first kappa shape index (κ1) is 16.9. The lowest BCUT2D eigenvalue weighted by atomic mass is 10.0. The molecule has 0 N–H and O–H groups in total. The smallest absolute Gasteiger partial charge is 0.0535 e. The molecule has 4 aromatic rings. The van der Waals surface area contributed by atoms with E-state index in [9.17, 15) is 0 Å². The molecule has 1 heterocycles. The molecule has 0 saturated heterocycles. The molecule has 1 aliphatic rings. The van der Waals surface area contributed by atoms with Crippen LogP contribution in [0.15, 0.2) is 97.1 Å². The van der Waals surface area contributed by atoms with Crippen LogP contribution < -0.4 is 4.90 Å². The van der Waals surface area contributed by atoms with Crippen molar-refractivity contribution >= 4 is 40.8 Å². The lowest BCUT2D eigenvalue weighted by Crippen LogP contribution is -2.11. The number of rotatable bonds is 2. The van der Waals surface area contributed by atoms with Gasteiger partial charge in [-0.3, -0.25) is 0 Å². The Morgan fingerprint density at radius 2 is 1.14 bits per heavy atom. The largest absolute Gasteiger partial charge is 0.309 e. The zero-order valence-electron chi connectivity index (χ0n) is 15.2. The van der Waals surface area contributed by atoms with Crippen molar-refractivity contribution in [1.82, 2.24) is 0 Å². The van der Waals surface area contributed by atoms with E-state index < -0.39 is 0 Å². The molecule has 0 amide bonds. The fraction of sp³-hybridized carbons (Fsp3) is 0. The molecule has 0 unspecified atom stereocenters. The fourth-order valence-corrected chi connectivity index (χ4v) is 3.91. The van der Waals surface area contributed by atoms with Crippen LogP contribution in [0.5, 0.6) is 0 Å². The van der Waals surface area contributed by atoms with Crippen molar-refractivity contribution in [2.24, 2.45) is 0 Å². The molecule has 28 heavy (non-hydrogen) atoms. The number of benzene rings is 4. The van der Waals surface area contributed by atoms with Gasteiger partial charge in [-0.15, -0.1) is 0 Å². The average Bonchev–Trinajstić information content (AvgIpc) is 2.91. The van der Waals surface area contributed by atoms with Gasteiger partial charge in [-0.2, -0.15) is 0 Å². The standard InChI is InChI=1S/C26H18ClN/c27-23-14-16-26-22(18-23)12-11-21-17-20(19-7-3-1-4-8-19)13-15-25(21)28(26)24-9-5-2-6-10-24/h1-18H. The van der Waals surface area contributed by atoms with Crippen LogP contribution in [0.1, 0.15) is 11.1 Å². The Morgan fingerprint density at radius 3 is 1.86 bits per heavy atom. The third-order valence-corrected chi connectivity index (χ3v) is 5.30. The molecule has 5 rings (SSSR count). The van der Waals surface area contributed by atoms with Crippen molar-refractivity contribution in [3.8, 4) is 11.1 Å². The van der Waals surface area contributed by atoms with Gasteiger partial charge in [0.2, 0.25) is 0 Å². The van der Waals surface area contributed by atoms with Gasteiger partial charge in [-0.1, -0.05) is 78.4 Å². The first-order valence-corrected chi connectivity index (χ1v) is 9.70. The summed E-state index contributed by atoms with van der Waals surface area (Å²) in [5.74, 6) is 0. The van der Waals surface area contributed by atoms with Gasteiger partial charge in [0.25, 0.3) is 0 Å². The van der Waals surface area contributed by atoms with Crippen LogP contribution in [0.25, 0.3) is 23.3 Å². The Balaban J connectivity index is 1.73. The van der Waals surface area contributed by atoms with E-state index >= 15 is 0 Å². The Labute approximate surface area is 170 Å². The number of halogens is 1. The van der Waals surface area contributed by atoms with Gasteiger partial charge in [0, 0.05) is 10.7 Å². The molecule has 0 aromatic heterocycles. The molecule has 0 atom stereocenters. The van der Waals surface area contributed by atoms with Crippen LogP contribution in [-0.4, -0.2) is 0 Å². The molecular formula is C26H18ClN. The molecular weight excluding hydrogens is 362 g/mol. The van der Waals surface area contributed by atoms with E-state index in [4.69, 9.17) is 11.6 Å². The Hall–Kier alpha value is -3.29. The average molecular weight is 380 g/mol. The second-order valence-electron chi connectivity index (χ2n) is 6.85. The van der Waals surface area contributed by atoms with E-state index in [0.29, 0.717) is 0 Å². The summed E-state index contributed by atoms with van der Waals surface area (Å²) in [7, 11) is 0. The highest BCUT2D eigenvalue weighted by atomic mass is 35.5. The summed E-state index contributed by atoms with van der Waals surface area (Å²) >= 11 is 6.29. The first-order valence-electron chi connectivity index (χ1n) is 9.32. The summed E-state index contributed by atoms with van der Waals surface area (Å²) < 4.78 is 0. The van der Waals surface area contributed by atoms with Gasteiger partial charge in [0.05, 0.1) is 11.4 Å². The maximum absolute atomic E-state index is 6.29. The molecule has 2 heteroatoms. The van der Waals surface area contributed by atoms with Crippen molar-refractivity contribution in [2.75, 3.05) is 4.90 Å². The maximum atomic E-state index is 6.29. The lowest BCUT2D eigenvalue weighted by molar-refractivity contribution is 1.28. The van der Waals surface area contributed by atoms with Crippen molar-refractivity contribution in [3.63, 3.8) is 0 Å². The van der Waals surface area contributed by atoms with Gasteiger partial charge < -0.3 is 4.90 Å². The number of hydrogen-bond acceptors (Lipinski definition) is 1. The minimum atomic E-state index is 0.743. The molecule has 0 fully saturated rings. The van der Waals surface area contributed by atoms with Gasteiger partial charge in [-0.05, 0) is 64.7 Å². The highest BCUT2D eigenvalue weighted by Gasteiger charge is 2.20. The van der Waals surface area contributed by atoms with E-state index in [0.717, 1.165) is 27.6 Å². The third-order valence-electron chi connectivity index (χ3n) is 5.06. The van der Waals surface area contributed by atoms with Crippen LogP contribution >= 0.6 is 11.6 Å². The number of anilines is 3. The molecule has 0 bridgehead atoms. The zero-order chi connectivity index (χ0) is 18.9. The van der Waals surface area contributed by atoms with E-state index in [1.54, 1.807) is 0 Å². The SMILES string of the molecule is Clc1ccc2c(c1)C=Cc1cc(-c3ccccc3)ccc1N2c1ccccc1. The lowest BCUT2D eigenvalue weighted by Gasteiger charge is -2.27. The van der Waals surface area contributed by atoms with E-state index in [2.05, 4.69) is 89.8 Å². The molecule has 0 spiro atoms. The number of nitrogens with zero attached hydrogens (tertiary/aromatic N) is 1. The minimum absolute atomic E-state index is 0.743. The van der Waals surface area contributed by atoms with Gasteiger partial charge in [0.1, 0.15) is 0 Å². The first-order chi connectivity index (χ1) is 13.8. The summed E-state index contributed by atoms with van der Waals surface area (Å²) in [5.41, 5.74) is 8.12. The van der Waals surface area contributed by atoms with Crippen molar-refractivity contribution in [3.05, 3.63) is 113 Å². The molecule has 134 valence electrons. The van der Waals surface area contributed by atoms with E-state index in [1.165, 1.54) is 16.7 Å². The predicted molar refractivity (Wildman–Crippen MR) is 120 cm³/mol. The Bertz CT molecular complexity index is 1160. The van der Waals surface area contributed by atoms with Crippen molar-refractivity contribution in [1.29, 1.82) is 0 Å². The molecule has 4 aromatic carbocycles. The highest BCUT2D eigenvalue weighted by Crippen LogP contribution is 2.43. The maximum Gasteiger partial charge on any atom is 0.0535 e. The summed E-state index contributed by atoms with van der Waals surface area (Å²) in [6, 6.07) is 33.7. The van der Waals surface area contributed by atoms with Gasteiger partial charge in [0.15, 0.2) is 0 Å². The van der Waals surface area contributed by atoms with Crippen LogP contribution in [0.3, 0.4) is 0 Å². The number of fused-ring (bicyclic) bond motifs is 2. The quantitative estimate of drug-likeness (QED) is 0.300. The van der Waals surface area contributed by atoms with E-state index in [-0.39, 0.29) is 0 Å². The van der Waals surface area contributed by atoms with Crippen molar-refractivity contribution < 1.29 is 0 Å². The Kier molecular flexibility index (Phi) is 4.23. The molecule has 0 aliphatic carbocycles. The number of hydrogen-bond donors (Lipinski definition) is 0. The Morgan fingerprint density at radius 1 is 0.536 bits per heavy atom. The fourth-order valence-electron chi connectivity index (χ4n) is 3.73. The molecule has 1 aliphatic heterocycles. The summed E-state index contributed by atoms with van der Waals surface area (Å²) in [6.07, 6.45) is 4.33. The van der Waals surface area contributed by atoms with E-state index in [1.807, 2.05) is 24.3 Å². The minimum Gasteiger partial charge on any atom is -0.309 e. The second kappa shape index (κ2) is 7.03. The van der Waals surface area contributed by atoms with Crippen LogP contribution in [0.4, 0.5) is 17.1 Å². The topological polar surface area (TPSA) is 3.24 Å². The summed E-state index contributed by atoms with van der Waals surface area (Å²) in [5, 5.41) is 0.743. The molecule has 0 saturated carbocycles. The number of para-hydroxylation sites is 1. The van der Waals surface area contributed by atoms with Crippen LogP contribution in [0.2, 0.25) is 5.02 Å². The van der Waals surface area contributed by atoms with Crippen LogP contribution in [0, 0.1) is 0 Å². The second-order valence-corrected chi connectivity index (χ2v) is 7.28. The van der Waals surface area contributed by atoms with Crippen LogP contribution in [-0.2, 0) is 0 Å². The molecule has 1 nitrogen and oxygen atoms in total. The van der Waals surface area contributed by atoms with Gasteiger partial charge in [-0.25, -0.2) is 0 Å². The monoisotopic (exact) mass is 379 g/mol. The molecule has 0 radical (unpaired) electrons. The third kappa shape index (κ3) is 3.00. The highest BCUT2D eigenvalue weighted by molar-refractivity contribution is 6.31. The predicted octanol–water partition coefficient (Wildman–Crippen LogP) is 7.96. The summed E-state index contributed by atoms with van der Waals surface area (Å²) in [4.78, 5) is 2.30. The normalized spacial score (nSPS) is 12.2. The van der Waals surface area contributed by atoms with Gasteiger partial charge >= 0.3 is 0 Å². The van der Waals surface area contributed by atoms with Crippen molar-refractivity contribution in [2.45, 2.75) is 0 Å².